The molecule has 2 aromatic heterocycles. The van der Waals surface area contributed by atoms with Crippen molar-refractivity contribution in [2.75, 3.05) is 6.61 Å². The van der Waals surface area contributed by atoms with Crippen LogP contribution in [0.1, 0.15) is 50.8 Å². The summed E-state index contributed by atoms with van der Waals surface area (Å²) in [5, 5.41) is 4.94. The van der Waals surface area contributed by atoms with Crippen LogP contribution in [0.15, 0.2) is 52.1 Å². The number of aromatic nitrogens is 1. The van der Waals surface area contributed by atoms with Crippen LogP contribution in [0.2, 0.25) is 10.0 Å². The highest BCUT2D eigenvalue weighted by molar-refractivity contribution is 6.35. The molecular weight excluding hydrogens is 509 g/mol. The van der Waals surface area contributed by atoms with Crippen LogP contribution in [0.3, 0.4) is 0 Å². The van der Waals surface area contributed by atoms with Crippen LogP contribution in [0.5, 0.6) is 5.75 Å². The molecule has 3 amide bonds. The number of rotatable bonds is 6. The fourth-order valence-electron chi connectivity index (χ4n) is 3.62. The van der Waals surface area contributed by atoms with Crippen LogP contribution >= 0.6 is 23.2 Å². The summed E-state index contributed by atoms with van der Waals surface area (Å²) in [7, 11) is 0. The molecular formula is C24H21Cl2N5O5. The van der Waals surface area contributed by atoms with E-state index in [0.717, 1.165) is 6.42 Å². The van der Waals surface area contributed by atoms with Crippen LogP contribution < -0.4 is 21.0 Å². The maximum atomic E-state index is 12.7. The minimum Gasteiger partial charge on any atom is -0.482 e. The highest BCUT2D eigenvalue weighted by atomic mass is 35.5. The monoisotopic (exact) mass is 529 g/mol. The molecule has 0 spiro atoms. The second-order valence-corrected chi connectivity index (χ2v) is 8.63. The summed E-state index contributed by atoms with van der Waals surface area (Å²) in [5.41, 5.74) is 9.14. The molecule has 12 heteroatoms. The molecule has 3 N–H and O–H groups in total. The second-order valence-electron chi connectivity index (χ2n) is 7.79. The van der Waals surface area contributed by atoms with E-state index in [1.165, 1.54) is 18.3 Å². The van der Waals surface area contributed by atoms with Gasteiger partial charge in [-0.05, 0) is 50.1 Å². The Kier molecular flexibility index (Phi) is 7.87. The molecule has 3 aromatic rings. The Morgan fingerprint density at radius 1 is 1.11 bits per heavy atom. The molecule has 0 saturated carbocycles. The van der Waals surface area contributed by atoms with Gasteiger partial charge in [-0.25, -0.2) is 5.43 Å². The van der Waals surface area contributed by atoms with Gasteiger partial charge in [0.25, 0.3) is 11.8 Å². The van der Waals surface area contributed by atoms with Crippen molar-refractivity contribution in [1.29, 1.82) is 0 Å². The molecule has 36 heavy (non-hydrogen) atoms. The average Bonchev–Trinajstić information content (AvgIpc) is 3.23. The Morgan fingerprint density at radius 2 is 1.94 bits per heavy atom. The minimum atomic E-state index is -0.642. The molecule has 4 rings (SSSR count). The van der Waals surface area contributed by atoms with Crippen LogP contribution in [0, 0.1) is 6.92 Å². The molecule has 10 nitrogen and oxygen atoms in total. The Hall–Kier alpha value is -3.89. The Bertz CT molecular complexity index is 1340. The molecule has 0 fully saturated rings. The van der Waals surface area contributed by atoms with Crippen molar-refractivity contribution in [1.82, 2.24) is 21.3 Å². The van der Waals surface area contributed by atoms with Crippen molar-refractivity contribution in [3.63, 3.8) is 0 Å². The number of hydrogen-bond donors (Lipinski definition) is 3. The number of fused-ring (bicyclic) bond motifs is 1. The number of furan rings is 1. The largest absolute Gasteiger partial charge is 0.482 e. The van der Waals surface area contributed by atoms with Gasteiger partial charge in [-0.1, -0.05) is 29.3 Å². The quantitative estimate of drug-likeness (QED) is 0.417. The number of carbonyl (C=O) groups excluding carboxylic acids is 3. The van der Waals surface area contributed by atoms with E-state index >= 15 is 0 Å². The summed E-state index contributed by atoms with van der Waals surface area (Å²) < 4.78 is 11.1. The number of amides is 3. The summed E-state index contributed by atoms with van der Waals surface area (Å²) in [6.45, 7) is 1.33. The zero-order valence-corrected chi connectivity index (χ0v) is 20.6. The van der Waals surface area contributed by atoms with Crippen LogP contribution in [0.4, 0.5) is 0 Å². The Morgan fingerprint density at radius 3 is 2.69 bits per heavy atom. The lowest BCUT2D eigenvalue weighted by Gasteiger charge is -2.13. The van der Waals surface area contributed by atoms with E-state index in [-0.39, 0.29) is 28.8 Å². The lowest BCUT2D eigenvalue weighted by Crippen LogP contribution is -2.43. The number of benzene rings is 1. The molecule has 1 aromatic carbocycles. The predicted octanol–water partition coefficient (Wildman–Crippen LogP) is 3.60. The minimum absolute atomic E-state index is 0.0348. The van der Waals surface area contributed by atoms with Crippen LogP contribution in [0.25, 0.3) is 0 Å². The van der Waals surface area contributed by atoms with Gasteiger partial charge >= 0.3 is 5.91 Å². The summed E-state index contributed by atoms with van der Waals surface area (Å²) in [4.78, 5) is 41.1. The number of pyridine rings is 1. The first kappa shape index (κ1) is 25.2. The van der Waals surface area contributed by atoms with Gasteiger partial charge in [0.05, 0.1) is 10.7 Å². The highest BCUT2D eigenvalue weighted by Crippen LogP contribution is 2.30. The average molecular weight is 530 g/mol. The van der Waals surface area contributed by atoms with E-state index in [1.54, 1.807) is 31.2 Å². The van der Waals surface area contributed by atoms with Gasteiger partial charge in [0.15, 0.2) is 12.4 Å². The van der Waals surface area contributed by atoms with Gasteiger partial charge in [0.1, 0.15) is 17.2 Å². The van der Waals surface area contributed by atoms with Gasteiger partial charge in [0, 0.05) is 28.8 Å². The number of carbonyl (C=O) groups is 3. The number of hydrazine groups is 1. The van der Waals surface area contributed by atoms with Crippen molar-refractivity contribution in [3.05, 3.63) is 81.0 Å². The van der Waals surface area contributed by atoms with E-state index in [9.17, 15) is 14.4 Å². The number of nitrogens with one attached hydrogen (secondary N) is 3. The Labute approximate surface area is 216 Å². The molecule has 0 saturated heterocycles. The summed E-state index contributed by atoms with van der Waals surface area (Å²) in [6.07, 6.45) is 3.46. The van der Waals surface area contributed by atoms with Gasteiger partial charge in [0.2, 0.25) is 0 Å². The molecule has 186 valence electrons. The third-order valence-corrected chi connectivity index (χ3v) is 5.82. The first-order valence-corrected chi connectivity index (χ1v) is 11.7. The van der Waals surface area contributed by atoms with E-state index in [0.29, 0.717) is 40.5 Å². The lowest BCUT2D eigenvalue weighted by molar-refractivity contribution is -0.123. The maximum absolute atomic E-state index is 12.7. The van der Waals surface area contributed by atoms with E-state index in [4.69, 9.17) is 32.4 Å². The number of hydrogen-bond acceptors (Lipinski definition) is 7. The molecule has 1 aliphatic carbocycles. The van der Waals surface area contributed by atoms with Crippen LogP contribution in [-0.2, 0) is 11.2 Å². The fourth-order valence-corrected chi connectivity index (χ4v) is 4.09. The van der Waals surface area contributed by atoms with Gasteiger partial charge in [-0.3, -0.25) is 30.2 Å². The summed E-state index contributed by atoms with van der Waals surface area (Å²) >= 11 is 11.8. The number of nitrogens with zero attached hydrogens (tertiary/aromatic N) is 2. The lowest BCUT2D eigenvalue weighted by atomic mass is 9.93. The van der Waals surface area contributed by atoms with Crippen LogP contribution in [-0.4, -0.2) is 35.0 Å². The molecule has 1 aliphatic rings. The fraction of sp³-hybridized carbons (Fsp3) is 0.208. The van der Waals surface area contributed by atoms with Gasteiger partial charge in [-0.15, -0.1) is 0 Å². The van der Waals surface area contributed by atoms with Gasteiger partial charge < -0.3 is 9.15 Å². The van der Waals surface area contributed by atoms with Crippen molar-refractivity contribution >= 4 is 46.6 Å². The smallest absolute Gasteiger partial charge is 0.305 e. The standard InChI is InChI=1S/C24H21Cl2N5O5/c1-13-21-16(28-30-23(33)17-5-2-3-10-27-17)6-4-7-19(21)36-22(13)24(34)31-29-20(32)12-35-18-9-8-14(25)11-15(18)26/h2-3,5,8-11H,4,6-7,12H2,1H3,(H,29,32)(H,30,33)(H,31,34)/b28-16+. The van der Waals surface area contributed by atoms with E-state index in [2.05, 4.69) is 26.4 Å². The molecule has 0 atom stereocenters. The molecule has 0 aliphatic heterocycles. The number of ether oxygens (including phenoxy) is 1. The third kappa shape index (κ3) is 5.84. The highest BCUT2D eigenvalue weighted by Gasteiger charge is 2.28. The number of hydrazone groups is 1. The van der Waals surface area contributed by atoms with E-state index in [1.807, 2.05) is 0 Å². The van der Waals surface area contributed by atoms with Crippen molar-refractivity contribution in [2.24, 2.45) is 5.10 Å². The van der Waals surface area contributed by atoms with Crippen molar-refractivity contribution in [2.45, 2.75) is 26.2 Å². The third-order valence-electron chi connectivity index (χ3n) is 5.29. The molecule has 2 heterocycles. The van der Waals surface area contributed by atoms with Gasteiger partial charge in [-0.2, -0.15) is 5.10 Å². The topological polar surface area (TPSA) is 135 Å². The maximum Gasteiger partial charge on any atom is 0.305 e. The predicted molar refractivity (Wildman–Crippen MR) is 132 cm³/mol. The molecule has 0 unspecified atom stereocenters. The number of aryl methyl sites for hydroxylation is 1. The SMILES string of the molecule is Cc1c(C(=O)NNC(=O)COc2ccc(Cl)cc2Cl)oc2c1/C(=N/NC(=O)c1ccccn1)CCC2. The second kappa shape index (κ2) is 11.2. The Balaban J connectivity index is 1.38. The zero-order chi connectivity index (χ0) is 25.7. The molecule has 0 radical (unpaired) electrons. The van der Waals surface area contributed by atoms with Crippen molar-refractivity contribution < 1.29 is 23.5 Å². The first-order chi connectivity index (χ1) is 17.3. The number of halogens is 2. The van der Waals surface area contributed by atoms with Crippen molar-refractivity contribution in [3.8, 4) is 5.75 Å². The normalized spacial score (nSPS) is 13.6. The zero-order valence-electron chi connectivity index (χ0n) is 19.1. The van der Waals surface area contributed by atoms with E-state index < -0.39 is 17.7 Å². The summed E-state index contributed by atoms with van der Waals surface area (Å²) in [6, 6.07) is 9.59. The molecule has 0 bridgehead atoms. The summed E-state index contributed by atoms with van der Waals surface area (Å²) in [5.74, 6) is -0.799. The first-order valence-electron chi connectivity index (χ1n) is 10.9.